The molecule has 0 atom stereocenters. The van der Waals surface area contributed by atoms with Gasteiger partial charge < -0.3 is 10.2 Å². The first-order valence-corrected chi connectivity index (χ1v) is 13.4. The molecule has 0 aliphatic carbocycles. The summed E-state index contributed by atoms with van der Waals surface area (Å²) in [6.07, 6.45) is 5.94. The summed E-state index contributed by atoms with van der Waals surface area (Å²) in [4.78, 5) is 36.9. The Hall–Kier alpha value is -3.78. The first-order chi connectivity index (χ1) is 18.8. The van der Waals surface area contributed by atoms with Crippen LogP contribution in [0.25, 0.3) is 0 Å². The molecule has 0 radical (unpaired) electrons. The lowest BCUT2D eigenvalue weighted by Crippen LogP contribution is -2.51. The Morgan fingerprint density at radius 2 is 1.85 bits per heavy atom. The number of hydrogen-bond donors (Lipinski definition) is 1. The molecule has 39 heavy (non-hydrogen) atoms. The number of anilines is 4. The molecular formula is C27H25Cl2N9O. The van der Waals surface area contributed by atoms with Gasteiger partial charge in [-0.2, -0.15) is 10.2 Å². The van der Waals surface area contributed by atoms with Crippen LogP contribution in [0.4, 0.5) is 23.1 Å². The van der Waals surface area contributed by atoms with E-state index in [2.05, 4.69) is 38.3 Å². The summed E-state index contributed by atoms with van der Waals surface area (Å²) < 4.78 is 0. The summed E-state index contributed by atoms with van der Waals surface area (Å²) in [6.45, 7) is 4.79. The molecular weight excluding hydrogens is 537 g/mol. The van der Waals surface area contributed by atoms with Gasteiger partial charge in [0.15, 0.2) is 5.82 Å². The Labute approximate surface area is 235 Å². The molecule has 198 valence electrons. The minimum atomic E-state index is -0.530. The summed E-state index contributed by atoms with van der Waals surface area (Å²) in [5.74, 6) is 0.836. The van der Waals surface area contributed by atoms with Crippen molar-refractivity contribution >= 4 is 58.2 Å². The maximum atomic E-state index is 13.6. The fourth-order valence-corrected chi connectivity index (χ4v) is 6.03. The molecule has 0 bridgehead atoms. The van der Waals surface area contributed by atoms with E-state index in [1.165, 1.54) is 23.5 Å². The Kier molecular flexibility index (Phi) is 6.38. The normalized spacial score (nSPS) is 18.3. The third-order valence-electron chi connectivity index (χ3n) is 7.68. The predicted octanol–water partition coefficient (Wildman–Crippen LogP) is 4.55. The van der Waals surface area contributed by atoms with E-state index in [1.54, 1.807) is 0 Å². The number of amides is 1. The lowest BCUT2D eigenvalue weighted by Gasteiger charge is -2.37. The number of carbonyl (C=O) groups excluding carboxylic acids is 1. The second-order valence-electron chi connectivity index (χ2n) is 9.96. The highest BCUT2D eigenvalue weighted by atomic mass is 35.5. The van der Waals surface area contributed by atoms with Crippen LogP contribution in [-0.2, 0) is 5.41 Å². The number of benzene rings is 1. The van der Waals surface area contributed by atoms with Gasteiger partial charge in [-0.1, -0.05) is 35.3 Å². The van der Waals surface area contributed by atoms with E-state index >= 15 is 0 Å². The van der Waals surface area contributed by atoms with E-state index < -0.39 is 5.41 Å². The monoisotopic (exact) mass is 561 g/mol. The molecule has 12 heteroatoms. The van der Waals surface area contributed by atoms with Crippen LogP contribution < -0.4 is 15.1 Å². The van der Waals surface area contributed by atoms with Crippen molar-refractivity contribution in [1.82, 2.24) is 19.9 Å². The second-order valence-corrected chi connectivity index (χ2v) is 10.8. The summed E-state index contributed by atoms with van der Waals surface area (Å²) in [5, 5.41) is 14.0. The number of nitrogens with one attached hydrogen (secondary N) is 1. The summed E-state index contributed by atoms with van der Waals surface area (Å²) in [6, 6.07) is 8.56. The molecule has 3 aliphatic rings. The number of piperidine rings is 1. The molecule has 2 aromatic heterocycles. The molecule has 0 spiro atoms. The Morgan fingerprint density at radius 1 is 1.10 bits per heavy atom. The van der Waals surface area contributed by atoms with Crippen LogP contribution in [0.3, 0.4) is 0 Å². The molecule has 0 saturated carbocycles. The molecule has 3 aromatic rings. The summed E-state index contributed by atoms with van der Waals surface area (Å²) in [7, 11) is 2.08. The maximum absolute atomic E-state index is 13.6. The van der Waals surface area contributed by atoms with Crippen LogP contribution in [0.1, 0.15) is 34.3 Å². The van der Waals surface area contributed by atoms with Crippen molar-refractivity contribution in [1.29, 1.82) is 5.26 Å². The number of guanidine groups is 1. The minimum absolute atomic E-state index is 0.239. The first-order valence-electron chi connectivity index (χ1n) is 12.6. The standard InChI is InChI=1S/C27H25Cl2N9O/c1-16-18(27(15-30)6-9-36(2)10-7-27)4-3-5-21(16)34-25-33-12-17-23(35-25)37-11-8-32-26(37)38(24(17)39)22-19(28)13-31-14-20(22)29/h3-5,12-14H,6-11H2,1-2H3,(H,33,34,35). The minimum Gasteiger partial charge on any atom is -0.324 e. The molecule has 1 amide bonds. The number of rotatable bonds is 4. The van der Waals surface area contributed by atoms with Crippen molar-refractivity contribution in [2.45, 2.75) is 25.2 Å². The molecule has 3 aliphatic heterocycles. The van der Waals surface area contributed by atoms with Crippen LogP contribution in [0.5, 0.6) is 0 Å². The number of aliphatic imine (C=N–C) groups is 1. The van der Waals surface area contributed by atoms with E-state index in [0.717, 1.165) is 42.7 Å². The van der Waals surface area contributed by atoms with Crippen molar-refractivity contribution in [3.05, 3.63) is 63.5 Å². The van der Waals surface area contributed by atoms with Gasteiger partial charge in [0.25, 0.3) is 5.91 Å². The SMILES string of the molecule is Cc1c(Nc2ncc3c(n2)N2CCN=C2N(c2c(Cl)cncc2Cl)C3=O)cccc1C1(C#N)CCN(C)CC1. The van der Waals surface area contributed by atoms with Gasteiger partial charge in [0.05, 0.1) is 33.8 Å². The summed E-state index contributed by atoms with van der Waals surface area (Å²) >= 11 is 12.8. The van der Waals surface area contributed by atoms with Crippen molar-refractivity contribution in [3.8, 4) is 6.07 Å². The number of nitrogens with zero attached hydrogens (tertiary/aromatic N) is 8. The van der Waals surface area contributed by atoms with Gasteiger partial charge >= 0.3 is 0 Å². The molecule has 1 N–H and O–H groups in total. The van der Waals surface area contributed by atoms with Gasteiger partial charge in [-0.25, -0.2) is 9.88 Å². The fourth-order valence-electron chi connectivity index (χ4n) is 5.50. The van der Waals surface area contributed by atoms with Gasteiger partial charge in [0.1, 0.15) is 5.56 Å². The predicted molar refractivity (Wildman–Crippen MR) is 151 cm³/mol. The van der Waals surface area contributed by atoms with E-state index in [-0.39, 0.29) is 16.0 Å². The Balaban J connectivity index is 1.35. The van der Waals surface area contributed by atoms with Crippen LogP contribution in [0.15, 0.2) is 41.8 Å². The van der Waals surface area contributed by atoms with Crippen molar-refractivity contribution in [2.24, 2.45) is 4.99 Å². The number of aromatic nitrogens is 3. The molecule has 10 nitrogen and oxygen atoms in total. The van der Waals surface area contributed by atoms with Crippen molar-refractivity contribution < 1.29 is 4.79 Å². The zero-order valence-corrected chi connectivity index (χ0v) is 23.0. The number of likely N-dealkylation sites (tertiary alicyclic amines) is 1. The van der Waals surface area contributed by atoms with Gasteiger partial charge in [0, 0.05) is 30.8 Å². The van der Waals surface area contributed by atoms with Crippen LogP contribution in [0, 0.1) is 18.3 Å². The number of halogens is 2. The molecule has 1 aromatic carbocycles. The number of carbonyl (C=O) groups is 1. The first kappa shape index (κ1) is 25.5. The van der Waals surface area contributed by atoms with Gasteiger partial charge in [-0.15, -0.1) is 0 Å². The zero-order valence-electron chi connectivity index (χ0n) is 21.4. The average Bonchev–Trinajstić information content (AvgIpc) is 3.42. The molecule has 5 heterocycles. The van der Waals surface area contributed by atoms with Crippen molar-refractivity contribution in [3.63, 3.8) is 0 Å². The fraction of sp³-hybridized carbons (Fsp3) is 0.333. The quantitative estimate of drug-likeness (QED) is 0.493. The highest BCUT2D eigenvalue weighted by molar-refractivity contribution is 6.43. The van der Waals surface area contributed by atoms with Gasteiger partial charge in [-0.3, -0.25) is 19.7 Å². The topological polar surface area (TPSA) is 114 Å². The van der Waals surface area contributed by atoms with Crippen LogP contribution in [-0.4, -0.2) is 64.9 Å². The average molecular weight is 562 g/mol. The van der Waals surface area contributed by atoms with E-state index in [0.29, 0.717) is 42.1 Å². The lowest BCUT2D eigenvalue weighted by atomic mass is 9.72. The number of hydrogen-bond acceptors (Lipinski definition) is 9. The highest BCUT2D eigenvalue weighted by Crippen LogP contribution is 2.41. The van der Waals surface area contributed by atoms with Crippen molar-refractivity contribution in [2.75, 3.05) is 48.3 Å². The van der Waals surface area contributed by atoms with E-state index in [1.807, 2.05) is 30.0 Å². The smallest absolute Gasteiger partial charge is 0.270 e. The molecule has 0 unspecified atom stereocenters. The largest absolute Gasteiger partial charge is 0.324 e. The number of fused-ring (bicyclic) bond motifs is 3. The molecule has 1 fully saturated rings. The molecule has 6 rings (SSSR count). The Morgan fingerprint density at radius 3 is 2.56 bits per heavy atom. The van der Waals surface area contributed by atoms with Gasteiger partial charge in [-0.05, 0) is 57.1 Å². The van der Waals surface area contributed by atoms with Gasteiger partial charge in [0.2, 0.25) is 11.9 Å². The Bertz CT molecular complexity index is 1540. The van der Waals surface area contributed by atoms with Crippen LogP contribution >= 0.6 is 23.2 Å². The maximum Gasteiger partial charge on any atom is 0.270 e. The second kappa shape index (κ2) is 9.75. The van der Waals surface area contributed by atoms with Crippen LogP contribution in [0.2, 0.25) is 10.0 Å². The van der Waals surface area contributed by atoms with E-state index in [9.17, 15) is 10.1 Å². The zero-order chi connectivity index (χ0) is 27.3. The lowest BCUT2D eigenvalue weighted by molar-refractivity contribution is 0.1000. The third-order valence-corrected chi connectivity index (χ3v) is 8.23. The summed E-state index contributed by atoms with van der Waals surface area (Å²) in [5.41, 5.74) is 2.92. The third kappa shape index (κ3) is 4.18. The number of nitriles is 1. The van der Waals surface area contributed by atoms with E-state index in [4.69, 9.17) is 28.2 Å². The highest BCUT2D eigenvalue weighted by Gasteiger charge is 2.42. The number of pyridine rings is 1. The molecule has 1 saturated heterocycles.